The molecule has 0 unspecified atom stereocenters. The average molecular weight is 318 g/mol. The normalized spacial score (nSPS) is 11.3. The smallest absolute Gasteiger partial charge is 0.206 e. The van der Waals surface area contributed by atoms with Crippen LogP contribution in [0, 0.1) is 22.9 Å². The van der Waals surface area contributed by atoms with Crippen LogP contribution in [0.15, 0.2) is 58.5 Å². The molecule has 0 aliphatic carbocycles. The van der Waals surface area contributed by atoms with Gasteiger partial charge in [-0.15, -0.1) is 0 Å². The van der Waals surface area contributed by atoms with E-state index in [-0.39, 0.29) is 0 Å². The topological polar surface area (TPSA) is 90.8 Å². The van der Waals surface area contributed by atoms with Crippen molar-refractivity contribution >= 4 is 11.4 Å². The van der Waals surface area contributed by atoms with Crippen LogP contribution < -0.4 is 9.47 Å². The number of rotatable bonds is 5. The zero-order valence-electron chi connectivity index (χ0n) is 13.2. The van der Waals surface area contributed by atoms with Crippen molar-refractivity contribution < 1.29 is 9.47 Å². The molecule has 0 saturated heterocycles. The van der Waals surface area contributed by atoms with Gasteiger partial charge in [0.15, 0.2) is 0 Å². The molecule has 2 aromatic carbocycles. The van der Waals surface area contributed by atoms with Crippen LogP contribution in [-0.4, -0.2) is 25.6 Å². The van der Waals surface area contributed by atoms with Gasteiger partial charge in [-0.2, -0.15) is 20.5 Å². The molecule has 0 heterocycles. The van der Waals surface area contributed by atoms with Crippen LogP contribution in [0.25, 0.3) is 0 Å². The minimum atomic E-state index is 0.312. The summed E-state index contributed by atoms with van der Waals surface area (Å²) in [7, 11) is 3.14. The summed E-state index contributed by atoms with van der Waals surface area (Å²) in [5, 5.41) is 18.0. The molecule has 0 radical (unpaired) electrons. The summed E-state index contributed by atoms with van der Waals surface area (Å²) in [4.78, 5) is 7.71. The minimum absolute atomic E-state index is 0.312. The lowest BCUT2D eigenvalue weighted by molar-refractivity contribution is 0.414. The van der Waals surface area contributed by atoms with Gasteiger partial charge in [0.05, 0.1) is 14.2 Å². The Hall–Kier alpha value is -3.64. The van der Waals surface area contributed by atoms with E-state index >= 15 is 0 Å². The molecule has 24 heavy (non-hydrogen) atoms. The standard InChI is InChI=1S/C18H14N4O2/c1-23-15-7-3-13(4-8-15)17(21-11-19)18(22-12-20)14-5-9-16(24-2)10-6-14/h3-10H,1-2H3. The van der Waals surface area contributed by atoms with E-state index in [4.69, 9.17) is 20.0 Å². The number of methoxy groups -OCH3 is 2. The second-order valence-corrected chi connectivity index (χ2v) is 4.58. The third-order valence-corrected chi connectivity index (χ3v) is 3.27. The molecule has 0 aliphatic rings. The maximum atomic E-state index is 9.02. The lowest BCUT2D eigenvalue weighted by atomic mass is 9.99. The molecule has 2 aromatic rings. The van der Waals surface area contributed by atoms with Crippen LogP contribution in [-0.2, 0) is 0 Å². The van der Waals surface area contributed by atoms with Crippen molar-refractivity contribution in [3.8, 4) is 23.9 Å². The minimum Gasteiger partial charge on any atom is -0.497 e. The van der Waals surface area contributed by atoms with Crippen LogP contribution in [0.3, 0.4) is 0 Å². The van der Waals surface area contributed by atoms with Gasteiger partial charge in [-0.1, -0.05) is 0 Å². The summed E-state index contributed by atoms with van der Waals surface area (Å²) >= 11 is 0. The zero-order valence-corrected chi connectivity index (χ0v) is 13.2. The molecule has 2 rings (SSSR count). The summed E-state index contributed by atoms with van der Waals surface area (Å²) in [6.07, 6.45) is 3.54. The van der Waals surface area contributed by atoms with Crippen molar-refractivity contribution in [1.82, 2.24) is 0 Å². The maximum Gasteiger partial charge on any atom is 0.206 e. The van der Waals surface area contributed by atoms with Crippen LogP contribution in [0.2, 0.25) is 0 Å². The highest BCUT2D eigenvalue weighted by atomic mass is 16.5. The number of nitriles is 2. The highest BCUT2D eigenvalue weighted by molar-refractivity contribution is 6.53. The molecule has 0 amide bonds. The van der Waals surface area contributed by atoms with Gasteiger partial charge in [-0.3, -0.25) is 0 Å². The maximum absolute atomic E-state index is 9.02. The summed E-state index contributed by atoms with van der Waals surface area (Å²) in [6, 6.07) is 14.0. The van der Waals surface area contributed by atoms with Gasteiger partial charge in [0.25, 0.3) is 0 Å². The first-order valence-electron chi connectivity index (χ1n) is 6.96. The number of nitrogens with zero attached hydrogens (tertiary/aromatic N) is 4. The lowest BCUT2D eigenvalue weighted by Crippen LogP contribution is -2.17. The molecule has 0 N–H and O–H groups in total. The van der Waals surface area contributed by atoms with Crippen molar-refractivity contribution in [2.24, 2.45) is 9.98 Å². The van der Waals surface area contributed by atoms with Crippen molar-refractivity contribution in [2.75, 3.05) is 14.2 Å². The second-order valence-electron chi connectivity index (χ2n) is 4.58. The fourth-order valence-corrected chi connectivity index (χ4v) is 2.11. The van der Waals surface area contributed by atoms with Crippen LogP contribution in [0.1, 0.15) is 11.1 Å². The first-order chi connectivity index (χ1) is 11.7. The number of hydrogen-bond donors (Lipinski definition) is 0. The van der Waals surface area contributed by atoms with Gasteiger partial charge in [-0.05, 0) is 48.5 Å². The van der Waals surface area contributed by atoms with Crippen molar-refractivity contribution in [3.05, 3.63) is 59.7 Å². The van der Waals surface area contributed by atoms with Gasteiger partial charge in [0, 0.05) is 11.1 Å². The number of ether oxygens (including phenoxy) is 2. The fourth-order valence-electron chi connectivity index (χ4n) is 2.11. The van der Waals surface area contributed by atoms with E-state index in [0.29, 0.717) is 34.0 Å². The predicted molar refractivity (Wildman–Crippen MR) is 90.3 cm³/mol. The molecule has 118 valence electrons. The van der Waals surface area contributed by atoms with E-state index < -0.39 is 0 Å². The summed E-state index contributed by atoms with van der Waals surface area (Å²) in [5.74, 6) is 1.36. The first kappa shape index (κ1) is 16.7. The molecule has 0 saturated carbocycles. The highest BCUT2D eigenvalue weighted by Gasteiger charge is 2.15. The van der Waals surface area contributed by atoms with Crippen molar-refractivity contribution in [1.29, 1.82) is 10.5 Å². The molecule has 0 bridgehead atoms. The molecule has 0 atom stereocenters. The molecule has 0 aliphatic heterocycles. The Morgan fingerprint density at radius 1 is 0.708 bits per heavy atom. The Morgan fingerprint density at radius 2 is 1.04 bits per heavy atom. The predicted octanol–water partition coefficient (Wildman–Crippen LogP) is 2.94. The fraction of sp³-hybridized carbons (Fsp3) is 0.111. The van der Waals surface area contributed by atoms with E-state index in [9.17, 15) is 0 Å². The molecule has 6 nitrogen and oxygen atoms in total. The Labute approximate surface area is 139 Å². The summed E-state index contributed by atoms with van der Waals surface area (Å²) in [6.45, 7) is 0. The molecule has 0 spiro atoms. The quantitative estimate of drug-likeness (QED) is 0.626. The Kier molecular flexibility index (Phi) is 5.65. The average Bonchev–Trinajstić information content (AvgIpc) is 2.65. The Morgan fingerprint density at radius 3 is 1.29 bits per heavy atom. The monoisotopic (exact) mass is 318 g/mol. The van der Waals surface area contributed by atoms with Crippen molar-refractivity contribution in [3.63, 3.8) is 0 Å². The third-order valence-electron chi connectivity index (χ3n) is 3.27. The van der Waals surface area contributed by atoms with Gasteiger partial charge in [0.2, 0.25) is 12.4 Å². The summed E-state index contributed by atoms with van der Waals surface area (Å²) in [5.41, 5.74) is 1.93. The number of hydrogen-bond acceptors (Lipinski definition) is 6. The molecule has 6 heteroatoms. The summed E-state index contributed by atoms with van der Waals surface area (Å²) < 4.78 is 10.3. The van der Waals surface area contributed by atoms with E-state index in [1.165, 1.54) is 0 Å². The van der Waals surface area contributed by atoms with E-state index in [1.807, 2.05) is 0 Å². The van der Waals surface area contributed by atoms with Gasteiger partial charge < -0.3 is 9.47 Å². The van der Waals surface area contributed by atoms with Crippen LogP contribution in [0.4, 0.5) is 0 Å². The van der Waals surface area contributed by atoms with Crippen LogP contribution in [0.5, 0.6) is 11.5 Å². The van der Waals surface area contributed by atoms with E-state index in [0.717, 1.165) is 0 Å². The van der Waals surface area contributed by atoms with Crippen LogP contribution >= 0.6 is 0 Å². The largest absolute Gasteiger partial charge is 0.497 e. The highest BCUT2D eigenvalue weighted by Crippen LogP contribution is 2.17. The Bertz CT molecular complexity index is 765. The van der Waals surface area contributed by atoms with Gasteiger partial charge >= 0.3 is 0 Å². The van der Waals surface area contributed by atoms with Gasteiger partial charge in [-0.25, -0.2) is 0 Å². The molecule has 0 aromatic heterocycles. The second kappa shape index (κ2) is 8.11. The van der Waals surface area contributed by atoms with Gasteiger partial charge in [0.1, 0.15) is 22.9 Å². The zero-order chi connectivity index (χ0) is 17.4. The third kappa shape index (κ3) is 3.76. The number of aliphatic imine (C=N–C) groups is 2. The van der Waals surface area contributed by atoms with Crippen molar-refractivity contribution in [2.45, 2.75) is 0 Å². The van der Waals surface area contributed by atoms with E-state index in [2.05, 4.69) is 9.98 Å². The first-order valence-corrected chi connectivity index (χ1v) is 6.96. The molecular weight excluding hydrogens is 304 g/mol. The number of benzene rings is 2. The SMILES string of the molecule is COc1ccc(C(=NC#N)C(=NC#N)c2ccc(OC)cc2)cc1. The van der Waals surface area contributed by atoms with E-state index in [1.54, 1.807) is 75.1 Å². The molecule has 0 fully saturated rings. The lowest BCUT2D eigenvalue weighted by Gasteiger charge is -2.09. The molecular formula is C18H14N4O2. The Balaban J connectivity index is 2.52.